The van der Waals surface area contributed by atoms with E-state index < -0.39 is 0 Å². The molecule has 6 heteroatoms. The lowest BCUT2D eigenvalue weighted by molar-refractivity contribution is 0.545. The summed E-state index contributed by atoms with van der Waals surface area (Å²) < 4.78 is 7.20. The molecule has 4 heterocycles. The molecule has 4 aromatic rings. The molecule has 5 nitrogen and oxygen atoms in total. The number of nitrogens with zero attached hydrogens (tertiary/aromatic N) is 3. The van der Waals surface area contributed by atoms with E-state index in [0.717, 1.165) is 94.5 Å². The van der Waals surface area contributed by atoms with Crippen LogP contribution in [0.4, 0.5) is 5.69 Å². The number of aromatic nitrogens is 1. The number of anilines is 1. The third-order valence-electron chi connectivity index (χ3n) is 8.15. The van der Waals surface area contributed by atoms with Crippen molar-refractivity contribution in [3.05, 3.63) is 79.7 Å². The molecule has 0 spiro atoms. The van der Waals surface area contributed by atoms with Gasteiger partial charge in [0, 0.05) is 29.7 Å². The molecule has 37 heavy (non-hydrogen) atoms. The number of benzene rings is 2. The summed E-state index contributed by atoms with van der Waals surface area (Å²) in [4.78, 5) is 20.7. The molecule has 1 aliphatic carbocycles. The maximum atomic E-state index is 13.5. The molecule has 2 aliphatic heterocycles. The van der Waals surface area contributed by atoms with Crippen molar-refractivity contribution in [2.45, 2.75) is 51.9 Å². The van der Waals surface area contributed by atoms with E-state index in [0.29, 0.717) is 11.1 Å². The predicted octanol–water partition coefficient (Wildman–Crippen LogP) is 6.95. The second-order valence-corrected chi connectivity index (χ2v) is 11.4. The van der Waals surface area contributed by atoms with E-state index in [1.54, 1.807) is 11.3 Å². The summed E-state index contributed by atoms with van der Waals surface area (Å²) in [7, 11) is 0. The topological polar surface area (TPSA) is 70.1 Å². The van der Waals surface area contributed by atoms with Crippen LogP contribution < -0.4 is 10.5 Å². The Morgan fingerprint density at radius 3 is 2.78 bits per heavy atom. The summed E-state index contributed by atoms with van der Waals surface area (Å²) in [6.07, 6.45) is 8.84. The van der Waals surface area contributed by atoms with Crippen molar-refractivity contribution in [2.24, 2.45) is 0 Å². The molecule has 0 amide bonds. The zero-order valence-corrected chi connectivity index (χ0v) is 21.7. The molecule has 0 N–H and O–H groups in total. The highest BCUT2D eigenvalue weighted by Crippen LogP contribution is 2.42. The average molecular weight is 506 g/mol. The van der Waals surface area contributed by atoms with Crippen LogP contribution in [-0.4, -0.2) is 18.1 Å². The molecule has 0 saturated carbocycles. The molecule has 0 atom stereocenters. The van der Waals surface area contributed by atoms with Crippen molar-refractivity contribution >= 4 is 49.4 Å². The Balaban J connectivity index is 1.40. The Labute approximate surface area is 219 Å². The van der Waals surface area contributed by atoms with Gasteiger partial charge in [0.25, 0.3) is 0 Å². The largest absolute Gasteiger partial charge is 0.422 e. The van der Waals surface area contributed by atoms with E-state index >= 15 is 0 Å². The Morgan fingerprint density at radius 1 is 1.11 bits per heavy atom. The molecule has 0 radical (unpaired) electrons. The molecule has 0 bridgehead atoms. The Kier molecular flexibility index (Phi) is 5.30. The number of para-hydroxylation sites is 1. The van der Waals surface area contributed by atoms with Gasteiger partial charge in [0.2, 0.25) is 0 Å². The zero-order chi connectivity index (χ0) is 25.1. The lowest BCUT2D eigenvalue weighted by Crippen LogP contribution is -2.34. The fraction of sp³-hybridized carbons (Fsp3) is 0.323. The maximum Gasteiger partial charge on any atom is 0.344 e. The summed E-state index contributed by atoms with van der Waals surface area (Å²) in [5.74, 6) is 0. The monoisotopic (exact) mass is 505 g/mol. The quantitative estimate of drug-likeness (QED) is 0.218. The number of allylic oxidation sites excluding steroid dienone is 4. The second-order valence-electron chi connectivity index (χ2n) is 10.3. The molecule has 0 unspecified atom stereocenters. The van der Waals surface area contributed by atoms with Crippen LogP contribution in [0.5, 0.6) is 0 Å². The minimum Gasteiger partial charge on any atom is -0.422 e. The van der Waals surface area contributed by atoms with E-state index in [-0.39, 0.29) is 5.63 Å². The number of thiazole rings is 1. The second kappa shape index (κ2) is 8.71. The zero-order valence-electron chi connectivity index (χ0n) is 20.9. The van der Waals surface area contributed by atoms with E-state index in [2.05, 4.69) is 30.0 Å². The molecule has 2 aromatic carbocycles. The number of fused-ring (bicyclic) bond motifs is 3. The molecule has 3 aliphatic rings. The lowest BCUT2D eigenvalue weighted by atomic mass is 9.85. The van der Waals surface area contributed by atoms with Crippen molar-refractivity contribution in [3.63, 3.8) is 0 Å². The summed E-state index contributed by atoms with van der Waals surface area (Å²) >= 11 is 1.55. The first-order valence-corrected chi connectivity index (χ1v) is 14.0. The van der Waals surface area contributed by atoms with E-state index in [1.807, 2.05) is 24.3 Å². The van der Waals surface area contributed by atoms with Gasteiger partial charge in [-0.1, -0.05) is 18.2 Å². The van der Waals surface area contributed by atoms with Crippen molar-refractivity contribution in [2.75, 3.05) is 18.0 Å². The normalized spacial score (nSPS) is 18.5. The molecule has 0 saturated heterocycles. The predicted molar refractivity (Wildman–Crippen MR) is 150 cm³/mol. The standard InChI is InChI=1S/C31H27N3O2S/c1-18-23-16-21-9-5-13-34-14-6-10-22(28(21)34)29(23)36-31(35)27(18)20-8-4-7-19(15-20)24(17-32)30-33-25-11-2-3-12-26(25)37-30/h2-3,11-12,15-16H,4-10,13-14H2,1H3. The average Bonchev–Trinajstić information content (AvgIpc) is 3.34. The summed E-state index contributed by atoms with van der Waals surface area (Å²) in [6.45, 7) is 4.24. The molecular weight excluding hydrogens is 478 g/mol. The fourth-order valence-electron chi connectivity index (χ4n) is 6.48. The van der Waals surface area contributed by atoms with Crippen LogP contribution in [-0.2, 0) is 12.8 Å². The van der Waals surface area contributed by atoms with Crippen molar-refractivity contribution in [3.8, 4) is 6.07 Å². The van der Waals surface area contributed by atoms with Gasteiger partial charge < -0.3 is 9.32 Å². The van der Waals surface area contributed by atoms with Gasteiger partial charge in [0.1, 0.15) is 16.7 Å². The minimum atomic E-state index is -0.264. The minimum absolute atomic E-state index is 0.264. The maximum absolute atomic E-state index is 13.5. The highest BCUT2D eigenvalue weighted by atomic mass is 32.1. The smallest absolute Gasteiger partial charge is 0.344 e. The number of nitriles is 1. The van der Waals surface area contributed by atoms with Crippen LogP contribution in [0.15, 0.2) is 51.2 Å². The van der Waals surface area contributed by atoms with Gasteiger partial charge in [-0.25, -0.2) is 9.78 Å². The third kappa shape index (κ3) is 3.56. The summed E-state index contributed by atoms with van der Waals surface area (Å²) in [6, 6.07) is 12.7. The summed E-state index contributed by atoms with van der Waals surface area (Å²) in [5, 5.41) is 11.9. The Morgan fingerprint density at radius 2 is 1.95 bits per heavy atom. The number of aryl methyl sites for hydroxylation is 3. The number of rotatable bonds is 2. The Hall–Kier alpha value is -3.69. The van der Waals surface area contributed by atoms with E-state index in [9.17, 15) is 10.1 Å². The van der Waals surface area contributed by atoms with E-state index in [1.165, 1.54) is 23.2 Å². The van der Waals surface area contributed by atoms with Gasteiger partial charge in [-0.3, -0.25) is 0 Å². The van der Waals surface area contributed by atoms with Gasteiger partial charge in [-0.05, 0) is 92.3 Å². The van der Waals surface area contributed by atoms with Crippen LogP contribution >= 0.6 is 11.3 Å². The van der Waals surface area contributed by atoms with Crippen molar-refractivity contribution in [1.82, 2.24) is 4.98 Å². The van der Waals surface area contributed by atoms with Crippen molar-refractivity contribution < 1.29 is 4.42 Å². The van der Waals surface area contributed by atoms with Crippen LogP contribution in [0.1, 0.15) is 59.4 Å². The number of hydrogen-bond donors (Lipinski definition) is 0. The molecular formula is C31H27N3O2S. The van der Waals surface area contributed by atoms with Gasteiger partial charge in [0.05, 0.1) is 21.4 Å². The molecule has 0 fully saturated rings. The third-order valence-corrected chi connectivity index (χ3v) is 9.21. The first kappa shape index (κ1) is 22.5. The van der Waals surface area contributed by atoms with Gasteiger partial charge >= 0.3 is 5.63 Å². The first-order valence-electron chi connectivity index (χ1n) is 13.2. The molecule has 184 valence electrons. The Bertz CT molecular complexity index is 1730. The molecule has 7 rings (SSSR count). The molecule has 2 aromatic heterocycles. The van der Waals surface area contributed by atoms with Crippen LogP contribution in [0, 0.1) is 18.3 Å². The fourth-order valence-corrected chi connectivity index (χ4v) is 7.48. The lowest BCUT2D eigenvalue weighted by Gasteiger charge is -2.37. The highest BCUT2D eigenvalue weighted by Gasteiger charge is 2.29. The number of hydrogen-bond acceptors (Lipinski definition) is 6. The first-order chi connectivity index (χ1) is 18.1. The van der Waals surface area contributed by atoms with Gasteiger partial charge in [0.15, 0.2) is 0 Å². The van der Waals surface area contributed by atoms with Crippen molar-refractivity contribution in [1.29, 1.82) is 5.26 Å². The van der Waals surface area contributed by atoms with Gasteiger partial charge in [-0.15, -0.1) is 11.3 Å². The SMILES string of the molecule is Cc1c(C2=CC(=C(C#N)c3nc4ccccc4s3)CCC2)c(=O)oc2c3c4c(cc12)CCCN4CCC3. The highest BCUT2D eigenvalue weighted by molar-refractivity contribution is 7.19. The van der Waals surface area contributed by atoms with Crippen LogP contribution in [0.2, 0.25) is 0 Å². The van der Waals surface area contributed by atoms with Gasteiger partial charge in [-0.2, -0.15) is 5.26 Å². The summed E-state index contributed by atoms with van der Waals surface area (Å²) in [5.41, 5.74) is 9.54. The van der Waals surface area contributed by atoms with E-state index in [4.69, 9.17) is 9.40 Å². The van der Waals surface area contributed by atoms with Crippen LogP contribution in [0.25, 0.3) is 32.3 Å². The van der Waals surface area contributed by atoms with Crippen LogP contribution in [0.3, 0.4) is 0 Å².